The van der Waals surface area contributed by atoms with E-state index in [1.54, 1.807) is 4.90 Å². The van der Waals surface area contributed by atoms with E-state index >= 15 is 0 Å². The minimum absolute atomic E-state index is 0.199. The molecule has 0 unspecified atom stereocenters. The van der Waals surface area contributed by atoms with Crippen molar-refractivity contribution in [2.75, 3.05) is 25.0 Å². The Labute approximate surface area is 151 Å². The van der Waals surface area contributed by atoms with Crippen LogP contribution in [0, 0.1) is 0 Å². The van der Waals surface area contributed by atoms with Crippen molar-refractivity contribution < 1.29 is 15.0 Å². The van der Waals surface area contributed by atoms with Gasteiger partial charge in [0.25, 0.3) is 0 Å². The van der Waals surface area contributed by atoms with Gasteiger partial charge in [-0.25, -0.2) is 4.79 Å². The second-order valence-electron chi connectivity index (χ2n) is 6.39. The summed E-state index contributed by atoms with van der Waals surface area (Å²) in [5.41, 5.74) is 1.69. The number of hydrogen-bond donors (Lipinski definition) is 3. The first-order valence-corrected chi connectivity index (χ1v) is 8.62. The predicted molar refractivity (Wildman–Crippen MR) is 98.7 cm³/mol. The fraction of sp³-hybridized carbons (Fsp3) is 0.316. The van der Waals surface area contributed by atoms with Crippen LogP contribution < -0.4 is 5.32 Å². The Morgan fingerprint density at radius 3 is 2.40 bits per heavy atom. The number of anilines is 1. The van der Waals surface area contributed by atoms with Gasteiger partial charge >= 0.3 is 6.03 Å². The summed E-state index contributed by atoms with van der Waals surface area (Å²) < 4.78 is 0. The van der Waals surface area contributed by atoms with Crippen LogP contribution in [-0.4, -0.2) is 46.4 Å². The van der Waals surface area contributed by atoms with Gasteiger partial charge in [-0.15, -0.1) is 0 Å². The average Bonchev–Trinajstić information content (AvgIpc) is 2.63. The number of aliphatic hydroxyl groups is 2. The zero-order chi connectivity index (χ0) is 17.9. The molecule has 0 bridgehead atoms. The maximum absolute atomic E-state index is 12.3. The number of carbonyl (C=O) groups excluding carboxylic acids is 1. The van der Waals surface area contributed by atoms with E-state index in [2.05, 4.69) is 5.32 Å². The quantitative estimate of drug-likeness (QED) is 0.785. The third-order valence-corrected chi connectivity index (χ3v) is 4.80. The molecule has 5 nitrogen and oxygen atoms in total. The zero-order valence-corrected chi connectivity index (χ0v) is 14.5. The molecule has 1 saturated heterocycles. The SMILES string of the molecule is O=C(Nc1ccc(-c2cccc(Cl)c2)cc1)N1CCC(O)(CO)CC1. The molecular weight excluding hydrogens is 340 g/mol. The number of aliphatic hydroxyl groups excluding tert-OH is 1. The van der Waals surface area contributed by atoms with Gasteiger partial charge in [-0.3, -0.25) is 0 Å². The molecule has 1 heterocycles. The number of nitrogens with one attached hydrogen (secondary N) is 1. The van der Waals surface area contributed by atoms with Crippen molar-refractivity contribution >= 4 is 23.3 Å². The van der Waals surface area contributed by atoms with Crippen LogP contribution >= 0.6 is 11.6 Å². The molecule has 0 saturated carbocycles. The van der Waals surface area contributed by atoms with Crippen molar-refractivity contribution in [3.05, 3.63) is 53.6 Å². The Morgan fingerprint density at radius 1 is 1.12 bits per heavy atom. The maximum Gasteiger partial charge on any atom is 0.321 e. The monoisotopic (exact) mass is 360 g/mol. The lowest BCUT2D eigenvalue weighted by Crippen LogP contribution is -2.49. The van der Waals surface area contributed by atoms with E-state index in [4.69, 9.17) is 11.6 Å². The minimum Gasteiger partial charge on any atom is -0.393 e. The number of piperidine rings is 1. The standard InChI is InChI=1S/C19H21ClN2O3/c20-16-3-1-2-15(12-16)14-4-6-17(7-5-14)21-18(24)22-10-8-19(25,13-23)9-11-22/h1-7,12,23,25H,8-11,13H2,(H,21,24). The van der Waals surface area contributed by atoms with E-state index in [0.29, 0.717) is 36.6 Å². The summed E-state index contributed by atoms with van der Waals surface area (Å²) in [6, 6.07) is 15.0. The molecule has 2 aromatic rings. The fourth-order valence-corrected chi connectivity index (χ4v) is 3.09. The summed E-state index contributed by atoms with van der Waals surface area (Å²) in [6.07, 6.45) is 0.759. The summed E-state index contributed by atoms with van der Waals surface area (Å²) in [7, 11) is 0. The largest absolute Gasteiger partial charge is 0.393 e. The number of carbonyl (C=O) groups is 1. The molecule has 0 atom stereocenters. The molecule has 0 spiro atoms. The van der Waals surface area contributed by atoms with Gasteiger partial charge in [0.15, 0.2) is 0 Å². The third-order valence-electron chi connectivity index (χ3n) is 4.57. The van der Waals surface area contributed by atoms with Crippen molar-refractivity contribution in [2.24, 2.45) is 0 Å². The van der Waals surface area contributed by atoms with Gasteiger partial charge in [-0.05, 0) is 48.2 Å². The van der Waals surface area contributed by atoms with E-state index in [0.717, 1.165) is 11.1 Å². The van der Waals surface area contributed by atoms with Crippen LogP contribution in [0.5, 0.6) is 0 Å². The highest BCUT2D eigenvalue weighted by molar-refractivity contribution is 6.30. The molecule has 1 fully saturated rings. The van der Waals surface area contributed by atoms with E-state index in [1.807, 2.05) is 48.5 Å². The normalized spacial score (nSPS) is 16.5. The Kier molecular flexibility index (Phi) is 5.27. The van der Waals surface area contributed by atoms with Crippen LogP contribution in [0.4, 0.5) is 10.5 Å². The molecule has 1 aliphatic rings. The summed E-state index contributed by atoms with van der Waals surface area (Å²) in [5, 5.41) is 22.7. The summed E-state index contributed by atoms with van der Waals surface area (Å²) >= 11 is 6.02. The lowest BCUT2D eigenvalue weighted by molar-refractivity contribution is -0.0519. The maximum atomic E-state index is 12.3. The number of halogens is 1. The van der Waals surface area contributed by atoms with Gasteiger partial charge in [0, 0.05) is 23.8 Å². The van der Waals surface area contributed by atoms with Gasteiger partial charge in [-0.2, -0.15) is 0 Å². The van der Waals surface area contributed by atoms with E-state index < -0.39 is 5.60 Å². The number of rotatable bonds is 3. The Bertz CT molecular complexity index is 741. The molecule has 2 amide bonds. The van der Waals surface area contributed by atoms with Gasteiger partial charge in [0.2, 0.25) is 0 Å². The first-order chi connectivity index (χ1) is 12.0. The van der Waals surface area contributed by atoms with Crippen molar-refractivity contribution in [2.45, 2.75) is 18.4 Å². The molecule has 132 valence electrons. The number of hydrogen-bond acceptors (Lipinski definition) is 3. The van der Waals surface area contributed by atoms with Crippen molar-refractivity contribution in [1.29, 1.82) is 0 Å². The first kappa shape index (κ1) is 17.7. The lowest BCUT2D eigenvalue weighted by Gasteiger charge is -2.36. The Hall–Kier alpha value is -2.08. The molecular formula is C19H21ClN2O3. The molecule has 0 radical (unpaired) electrons. The summed E-state index contributed by atoms with van der Waals surface area (Å²) in [4.78, 5) is 14.0. The second kappa shape index (κ2) is 7.44. The number of nitrogens with zero attached hydrogens (tertiary/aromatic N) is 1. The minimum atomic E-state index is -1.06. The van der Waals surface area contributed by atoms with E-state index in [9.17, 15) is 15.0 Å². The van der Waals surface area contributed by atoms with Crippen LogP contribution in [0.2, 0.25) is 5.02 Å². The number of benzene rings is 2. The van der Waals surface area contributed by atoms with Crippen LogP contribution in [0.1, 0.15) is 12.8 Å². The van der Waals surface area contributed by atoms with Crippen LogP contribution in [0.3, 0.4) is 0 Å². The van der Waals surface area contributed by atoms with Crippen molar-refractivity contribution in [1.82, 2.24) is 4.90 Å². The highest BCUT2D eigenvalue weighted by atomic mass is 35.5. The second-order valence-corrected chi connectivity index (χ2v) is 6.82. The highest BCUT2D eigenvalue weighted by Crippen LogP contribution is 2.25. The molecule has 3 rings (SSSR count). The molecule has 1 aliphatic heterocycles. The zero-order valence-electron chi connectivity index (χ0n) is 13.8. The number of amides is 2. The van der Waals surface area contributed by atoms with Gasteiger partial charge in [0.05, 0.1) is 12.2 Å². The van der Waals surface area contributed by atoms with Crippen molar-refractivity contribution in [3.8, 4) is 11.1 Å². The molecule has 3 N–H and O–H groups in total. The lowest BCUT2D eigenvalue weighted by atomic mass is 9.93. The average molecular weight is 361 g/mol. The molecule has 25 heavy (non-hydrogen) atoms. The topological polar surface area (TPSA) is 72.8 Å². The van der Waals surface area contributed by atoms with Crippen LogP contribution in [-0.2, 0) is 0 Å². The van der Waals surface area contributed by atoms with Gasteiger partial charge in [-0.1, -0.05) is 35.9 Å². The van der Waals surface area contributed by atoms with Crippen molar-refractivity contribution in [3.63, 3.8) is 0 Å². The summed E-state index contributed by atoms with van der Waals surface area (Å²) in [6.45, 7) is 0.570. The predicted octanol–water partition coefficient (Wildman–Crippen LogP) is 3.36. The molecule has 0 aliphatic carbocycles. The van der Waals surface area contributed by atoms with Gasteiger partial charge < -0.3 is 20.4 Å². The number of likely N-dealkylation sites (tertiary alicyclic amines) is 1. The first-order valence-electron chi connectivity index (χ1n) is 8.24. The van der Waals surface area contributed by atoms with E-state index in [1.165, 1.54) is 0 Å². The summed E-state index contributed by atoms with van der Waals surface area (Å²) in [5.74, 6) is 0. The molecule has 2 aromatic carbocycles. The fourth-order valence-electron chi connectivity index (χ4n) is 2.90. The van der Waals surface area contributed by atoms with E-state index in [-0.39, 0.29) is 12.6 Å². The Balaban J connectivity index is 1.61. The van der Waals surface area contributed by atoms with Crippen LogP contribution in [0.15, 0.2) is 48.5 Å². The molecule has 6 heteroatoms. The highest BCUT2D eigenvalue weighted by Gasteiger charge is 2.33. The number of urea groups is 1. The smallest absolute Gasteiger partial charge is 0.321 e. The van der Waals surface area contributed by atoms with Gasteiger partial charge in [0.1, 0.15) is 0 Å². The van der Waals surface area contributed by atoms with Crippen LogP contribution in [0.25, 0.3) is 11.1 Å². The molecule has 0 aromatic heterocycles. The Morgan fingerprint density at radius 2 is 1.80 bits per heavy atom. The third kappa shape index (κ3) is 4.31.